The van der Waals surface area contributed by atoms with Crippen molar-refractivity contribution in [3.05, 3.63) is 0 Å². The second-order valence-electron chi connectivity index (χ2n) is 3.90. The van der Waals surface area contributed by atoms with Crippen molar-refractivity contribution in [3.63, 3.8) is 0 Å². The highest BCUT2D eigenvalue weighted by Gasteiger charge is 2.31. The van der Waals surface area contributed by atoms with Gasteiger partial charge in [-0.15, -0.1) is 0 Å². The van der Waals surface area contributed by atoms with E-state index in [0.29, 0.717) is 26.1 Å². The number of Topliss-reactive ketones (excluding diaryl/α,β-unsaturated/α-hetero) is 1. The lowest BCUT2D eigenvalue weighted by Crippen LogP contribution is -2.40. The molecule has 1 amide bonds. The highest BCUT2D eigenvalue weighted by atomic mass is 16.5. The number of carbonyl (C=O) groups is 2. The van der Waals surface area contributed by atoms with Crippen LogP contribution in [0.3, 0.4) is 0 Å². The second-order valence-corrected chi connectivity index (χ2v) is 3.90. The summed E-state index contributed by atoms with van der Waals surface area (Å²) in [5.41, 5.74) is 0. The summed E-state index contributed by atoms with van der Waals surface area (Å²) in [6.07, 6.45) is 3.14. The molecule has 2 aliphatic heterocycles. The van der Waals surface area contributed by atoms with Gasteiger partial charge in [0.25, 0.3) is 5.91 Å². The van der Waals surface area contributed by atoms with Crippen LogP contribution in [0.25, 0.3) is 0 Å². The molecule has 0 saturated carbocycles. The van der Waals surface area contributed by atoms with Gasteiger partial charge in [0.05, 0.1) is 6.54 Å². The van der Waals surface area contributed by atoms with Gasteiger partial charge >= 0.3 is 0 Å². The molecular formula is C10H15NO3. The van der Waals surface area contributed by atoms with Crippen LogP contribution < -0.4 is 0 Å². The molecule has 0 spiro atoms. The predicted octanol–water partition coefficient (Wildman–Crippen LogP) is 0.357. The fourth-order valence-corrected chi connectivity index (χ4v) is 1.96. The van der Waals surface area contributed by atoms with Gasteiger partial charge in [0, 0.05) is 19.6 Å². The Bertz CT molecular complexity index is 246. The van der Waals surface area contributed by atoms with E-state index in [-0.39, 0.29) is 17.8 Å². The molecule has 2 heterocycles. The third-order valence-electron chi connectivity index (χ3n) is 2.79. The summed E-state index contributed by atoms with van der Waals surface area (Å²) in [5, 5.41) is 0. The number of carbonyl (C=O) groups excluding carboxylic acids is 2. The monoisotopic (exact) mass is 197 g/mol. The van der Waals surface area contributed by atoms with E-state index < -0.39 is 0 Å². The first-order valence-electron chi connectivity index (χ1n) is 5.19. The van der Waals surface area contributed by atoms with Crippen molar-refractivity contribution in [2.45, 2.75) is 31.8 Å². The Morgan fingerprint density at radius 2 is 2.29 bits per heavy atom. The number of rotatable bonds is 1. The van der Waals surface area contributed by atoms with Crippen LogP contribution in [0.2, 0.25) is 0 Å². The van der Waals surface area contributed by atoms with Crippen LogP contribution in [0.1, 0.15) is 25.7 Å². The fourth-order valence-electron chi connectivity index (χ4n) is 1.96. The lowest BCUT2D eigenvalue weighted by atomic mass is 10.1. The summed E-state index contributed by atoms with van der Waals surface area (Å²) in [6, 6.07) is 0. The Morgan fingerprint density at radius 1 is 1.43 bits per heavy atom. The molecule has 14 heavy (non-hydrogen) atoms. The van der Waals surface area contributed by atoms with E-state index >= 15 is 0 Å². The highest BCUT2D eigenvalue weighted by Crippen LogP contribution is 2.16. The van der Waals surface area contributed by atoms with Gasteiger partial charge in [-0.2, -0.15) is 0 Å². The Balaban J connectivity index is 1.90. The summed E-state index contributed by atoms with van der Waals surface area (Å²) in [4.78, 5) is 24.4. The fraction of sp³-hybridized carbons (Fsp3) is 0.800. The topological polar surface area (TPSA) is 46.6 Å². The van der Waals surface area contributed by atoms with Crippen LogP contribution in [-0.4, -0.2) is 42.4 Å². The van der Waals surface area contributed by atoms with E-state index in [1.165, 1.54) is 0 Å². The van der Waals surface area contributed by atoms with E-state index in [2.05, 4.69) is 0 Å². The Labute approximate surface area is 83.2 Å². The maximum Gasteiger partial charge on any atom is 0.252 e. The molecule has 0 radical (unpaired) electrons. The van der Waals surface area contributed by atoms with Crippen molar-refractivity contribution in [2.24, 2.45) is 0 Å². The maximum absolute atomic E-state index is 11.8. The highest BCUT2D eigenvalue weighted by molar-refractivity contribution is 5.91. The van der Waals surface area contributed by atoms with Crippen molar-refractivity contribution in [1.29, 1.82) is 0 Å². The van der Waals surface area contributed by atoms with Crippen LogP contribution in [-0.2, 0) is 14.3 Å². The standard InChI is InChI=1S/C10H15NO3/c12-8-4-5-11(7-8)10(13)9-3-1-2-6-14-9/h9H,1-7H2. The minimum Gasteiger partial charge on any atom is -0.368 e. The number of nitrogens with zero attached hydrogens (tertiary/aromatic N) is 1. The molecule has 1 unspecified atom stereocenters. The second kappa shape index (κ2) is 4.09. The summed E-state index contributed by atoms with van der Waals surface area (Å²) in [6.45, 7) is 1.55. The van der Waals surface area contributed by atoms with Crippen molar-refractivity contribution in [2.75, 3.05) is 19.7 Å². The van der Waals surface area contributed by atoms with Gasteiger partial charge in [-0.25, -0.2) is 0 Å². The van der Waals surface area contributed by atoms with Gasteiger partial charge in [-0.3, -0.25) is 9.59 Å². The molecular weight excluding hydrogens is 182 g/mol. The number of amides is 1. The van der Waals surface area contributed by atoms with Gasteiger partial charge in [-0.05, 0) is 19.3 Å². The van der Waals surface area contributed by atoms with Crippen LogP contribution in [0, 0.1) is 0 Å². The number of likely N-dealkylation sites (tertiary alicyclic amines) is 1. The van der Waals surface area contributed by atoms with Gasteiger partial charge in [0.2, 0.25) is 0 Å². The molecule has 4 nitrogen and oxygen atoms in total. The van der Waals surface area contributed by atoms with Crippen molar-refractivity contribution in [3.8, 4) is 0 Å². The van der Waals surface area contributed by atoms with E-state index in [1.807, 2.05) is 0 Å². The van der Waals surface area contributed by atoms with E-state index in [9.17, 15) is 9.59 Å². The van der Waals surface area contributed by atoms with Gasteiger partial charge in [0.1, 0.15) is 6.10 Å². The summed E-state index contributed by atoms with van der Waals surface area (Å²) >= 11 is 0. The zero-order valence-corrected chi connectivity index (χ0v) is 8.20. The zero-order valence-electron chi connectivity index (χ0n) is 8.20. The molecule has 0 aliphatic carbocycles. The van der Waals surface area contributed by atoms with Crippen LogP contribution >= 0.6 is 0 Å². The van der Waals surface area contributed by atoms with Gasteiger partial charge in [-0.1, -0.05) is 0 Å². The molecule has 0 N–H and O–H groups in total. The SMILES string of the molecule is O=C1CCN(C(=O)C2CCCCO2)C1. The lowest BCUT2D eigenvalue weighted by molar-refractivity contribution is -0.146. The lowest BCUT2D eigenvalue weighted by Gasteiger charge is -2.25. The van der Waals surface area contributed by atoms with Gasteiger partial charge < -0.3 is 9.64 Å². The molecule has 2 rings (SSSR count). The first-order chi connectivity index (χ1) is 6.77. The molecule has 78 valence electrons. The van der Waals surface area contributed by atoms with E-state index in [1.54, 1.807) is 4.90 Å². The molecule has 0 bridgehead atoms. The molecule has 0 aromatic carbocycles. The average molecular weight is 197 g/mol. The third kappa shape index (κ3) is 1.95. The Morgan fingerprint density at radius 3 is 2.86 bits per heavy atom. The van der Waals surface area contributed by atoms with Crippen LogP contribution in [0.15, 0.2) is 0 Å². The maximum atomic E-state index is 11.8. The molecule has 2 saturated heterocycles. The molecule has 0 aromatic rings. The Hall–Kier alpha value is -0.900. The normalized spacial score (nSPS) is 28.1. The van der Waals surface area contributed by atoms with Crippen molar-refractivity contribution < 1.29 is 14.3 Å². The van der Waals surface area contributed by atoms with Crippen molar-refractivity contribution >= 4 is 11.7 Å². The molecule has 2 aliphatic rings. The largest absolute Gasteiger partial charge is 0.368 e. The minimum absolute atomic E-state index is 0.00977. The first-order valence-corrected chi connectivity index (χ1v) is 5.19. The quantitative estimate of drug-likeness (QED) is 0.609. The van der Waals surface area contributed by atoms with Crippen LogP contribution in [0.5, 0.6) is 0 Å². The molecule has 0 aromatic heterocycles. The summed E-state index contributed by atoms with van der Waals surface area (Å²) in [7, 11) is 0. The number of ketones is 1. The first kappa shape index (κ1) is 9.65. The third-order valence-corrected chi connectivity index (χ3v) is 2.79. The van der Waals surface area contributed by atoms with Gasteiger partial charge in [0.15, 0.2) is 5.78 Å². The number of hydrogen-bond acceptors (Lipinski definition) is 3. The number of ether oxygens (including phenoxy) is 1. The van der Waals surface area contributed by atoms with Crippen molar-refractivity contribution in [1.82, 2.24) is 4.90 Å². The summed E-state index contributed by atoms with van der Waals surface area (Å²) in [5.74, 6) is 0.171. The Kier molecular flexibility index (Phi) is 2.82. The minimum atomic E-state index is -0.283. The smallest absolute Gasteiger partial charge is 0.252 e. The van der Waals surface area contributed by atoms with Crippen LogP contribution in [0.4, 0.5) is 0 Å². The summed E-state index contributed by atoms with van der Waals surface area (Å²) < 4.78 is 5.38. The van der Waals surface area contributed by atoms with E-state index in [4.69, 9.17) is 4.74 Å². The van der Waals surface area contributed by atoms with E-state index in [0.717, 1.165) is 19.3 Å². The molecule has 2 fully saturated rings. The predicted molar refractivity (Wildman–Crippen MR) is 49.8 cm³/mol. The number of hydrogen-bond donors (Lipinski definition) is 0. The molecule has 1 atom stereocenters. The molecule has 4 heteroatoms. The zero-order chi connectivity index (χ0) is 9.97. The average Bonchev–Trinajstić information content (AvgIpc) is 2.65.